The topological polar surface area (TPSA) is 48.0 Å². The predicted octanol–water partition coefficient (Wildman–Crippen LogP) is 2.30. The minimum absolute atomic E-state index is 0.350. The van der Waals surface area contributed by atoms with E-state index in [4.69, 9.17) is 14.0 Å². The first kappa shape index (κ1) is 16.0. The number of piperidine rings is 1. The molecule has 6 heteroatoms. The molecule has 0 aromatic heterocycles. The average Bonchev–Trinajstić information content (AvgIpc) is 2.67. The van der Waals surface area contributed by atoms with Gasteiger partial charge in [-0.1, -0.05) is 12.5 Å². The molecule has 2 saturated heterocycles. The Labute approximate surface area is 133 Å². The highest BCUT2D eigenvalue weighted by atomic mass is 16.8. The lowest BCUT2D eigenvalue weighted by molar-refractivity contribution is -0.215. The summed E-state index contributed by atoms with van der Waals surface area (Å²) >= 11 is 0. The van der Waals surface area contributed by atoms with Crippen molar-refractivity contribution < 1.29 is 18.8 Å². The second kappa shape index (κ2) is 5.66. The number of ether oxygens (including phenoxy) is 1. The number of hydrogen-bond donors (Lipinski definition) is 0. The van der Waals surface area contributed by atoms with Crippen molar-refractivity contribution in [2.45, 2.75) is 70.8 Å². The zero-order valence-electron chi connectivity index (χ0n) is 14.1. The van der Waals surface area contributed by atoms with E-state index in [-0.39, 0.29) is 5.97 Å². The summed E-state index contributed by atoms with van der Waals surface area (Å²) in [6, 6.07) is 0.406. The maximum absolute atomic E-state index is 11.4. The molecule has 2 unspecified atom stereocenters. The van der Waals surface area contributed by atoms with Crippen LogP contribution < -0.4 is 0 Å². The van der Waals surface area contributed by atoms with E-state index in [9.17, 15) is 4.79 Å². The first-order chi connectivity index (χ1) is 10.3. The SMILES string of the molecule is CC(=O)OC1(C)OB(C2=CCCN3CCCCC23)OC1(C)C. The molecule has 2 atom stereocenters. The van der Waals surface area contributed by atoms with E-state index in [0.29, 0.717) is 6.04 Å². The lowest BCUT2D eigenvalue weighted by atomic mass is 9.69. The molecule has 0 bridgehead atoms. The van der Waals surface area contributed by atoms with Crippen LogP contribution in [0.5, 0.6) is 0 Å². The third kappa shape index (κ3) is 2.72. The highest BCUT2D eigenvalue weighted by Crippen LogP contribution is 2.42. The van der Waals surface area contributed by atoms with Crippen LogP contribution >= 0.6 is 0 Å². The molecule has 3 aliphatic heterocycles. The maximum Gasteiger partial charge on any atom is 0.494 e. The van der Waals surface area contributed by atoms with Gasteiger partial charge in [0.25, 0.3) is 0 Å². The second-order valence-electron chi connectivity index (χ2n) is 7.16. The minimum Gasteiger partial charge on any atom is -0.432 e. The zero-order chi connectivity index (χ0) is 16.0. The van der Waals surface area contributed by atoms with Gasteiger partial charge >= 0.3 is 13.1 Å². The first-order valence-corrected chi connectivity index (χ1v) is 8.32. The van der Waals surface area contributed by atoms with Gasteiger partial charge in [-0.05, 0) is 45.1 Å². The number of carbonyl (C=O) groups excluding carboxylic acids is 1. The van der Waals surface area contributed by atoms with Gasteiger partial charge in [0.2, 0.25) is 5.79 Å². The molecule has 2 fully saturated rings. The van der Waals surface area contributed by atoms with Crippen LogP contribution in [0, 0.1) is 0 Å². The molecule has 0 amide bonds. The van der Waals surface area contributed by atoms with Crippen molar-refractivity contribution in [3.63, 3.8) is 0 Å². The Morgan fingerprint density at radius 2 is 2.09 bits per heavy atom. The summed E-state index contributed by atoms with van der Waals surface area (Å²) < 4.78 is 17.7. The van der Waals surface area contributed by atoms with Gasteiger partial charge in [0, 0.05) is 26.4 Å². The van der Waals surface area contributed by atoms with E-state index in [0.717, 1.165) is 25.9 Å². The fourth-order valence-corrected chi connectivity index (χ4v) is 3.72. The number of hydrogen-bond acceptors (Lipinski definition) is 5. The third-order valence-electron chi connectivity index (χ3n) is 5.23. The Morgan fingerprint density at radius 3 is 2.82 bits per heavy atom. The van der Waals surface area contributed by atoms with Crippen molar-refractivity contribution in [1.29, 1.82) is 0 Å². The van der Waals surface area contributed by atoms with Gasteiger partial charge in [-0.2, -0.15) is 0 Å². The zero-order valence-corrected chi connectivity index (χ0v) is 14.1. The van der Waals surface area contributed by atoms with E-state index >= 15 is 0 Å². The van der Waals surface area contributed by atoms with Gasteiger partial charge in [0.05, 0.1) is 0 Å². The molecule has 22 heavy (non-hydrogen) atoms. The largest absolute Gasteiger partial charge is 0.494 e. The lowest BCUT2D eigenvalue weighted by Gasteiger charge is -2.40. The van der Waals surface area contributed by atoms with E-state index in [1.165, 1.54) is 25.2 Å². The lowest BCUT2D eigenvalue weighted by Crippen LogP contribution is -2.48. The van der Waals surface area contributed by atoms with E-state index < -0.39 is 18.5 Å². The van der Waals surface area contributed by atoms with Gasteiger partial charge in [-0.25, -0.2) is 0 Å². The van der Waals surface area contributed by atoms with Crippen molar-refractivity contribution in [3.8, 4) is 0 Å². The molecule has 0 aromatic carbocycles. The molecule has 0 aromatic rings. The van der Waals surface area contributed by atoms with Crippen molar-refractivity contribution in [2.24, 2.45) is 0 Å². The van der Waals surface area contributed by atoms with Crippen molar-refractivity contribution in [1.82, 2.24) is 4.90 Å². The molecule has 0 spiro atoms. The van der Waals surface area contributed by atoms with Crippen LogP contribution in [0.2, 0.25) is 0 Å². The summed E-state index contributed by atoms with van der Waals surface area (Å²) in [7, 11) is -0.426. The molecule has 3 aliphatic rings. The van der Waals surface area contributed by atoms with Crippen LogP contribution in [0.15, 0.2) is 11.5 Å². The van der Waals surface area contributed by atoms with Crippen molar-refractivity contribution >= 4 is 13.1 Å². The molecule has 5 nitrogen and oxygen atoms in total. The van der Waals surface area contributed by atoms with Crippen molar-refractivity contribution in [2.75, 3.05) is 13.1 Å². The number of esters is 1. The van der Waals surface area contributed by atoms with Gasteiger partial charge < -0.3 is 14.0 Å². The fourth-order valence-electron chi connectivity index (χ4n) is 3.72. The quantitative estimate of drug-likeness (QED) is 0.579. The minimum atomic E-state index is -1.05. The van der Waals surface area contributed by atoms with Crippen LogP contribution in [0.3, 0.4) is 0 Å². The summed E-state index contributed by atoms with van der Waals surface area (Å²) in [4.78, 5) is 14.0. The van der Waals surface area contributed by atoms with E-state index in [1.54, 1.807) is 6.92 Å². The summed E-state index contributed by atoms with van der Waals surface area (Å²) in [5.41, 5.74) is 0.524. The Morgan fingerprint density at radius 1 is 1.32 bits per heavy atom. The molecule has 122 valence electrons. The summed E-state index contributed by atoms with van der Waals surface area (Å²) in [5.74, 6) is -1.40. The first-order valence-electron chi connectivity index (χ1n) is 8.32. The predicted molar refractivity (Wildman–Crippen MR) is 84.1 cm³/mol. The normalized spacial score (nSPS) is 35.0. The molecular weight excluding hydrogens is 281 g/mol. The monoisotopic (exact) mass is 307 g/mol. The average molecular weight is 307 g/mol. The summed E-state index contributed by atoms with van der Waals surface area (Å²) in [6.45, 7) is 9.29. The van der Waals surface area contributed by atoms with E-state index in [2.05, 4.69) is 11.0 Å². The van der Waals surface area contributed by atoms with Gasteiger partial charge in [0.15, 0.2) is 0 Å². The molecule has 0 radical (unpaired) electrons. The van der Waals surface area contributed by atoms with Crippen molar-refractivity contribution in [3.05, 3.63) is 11.5 Å². The molecule has 0 aliphatic carbocycles. The number of nitrogens with zero attached hydrogens (tertiary/aromatic N) is 1. The van der Waals surface area contributed by atoms with Gasteiger partial charge in [0.1, 0.15) is 5.60 Å². The Kier molecular flexibility index (Phi) is 4.12. The van der Waals surface area contributed by atoms with Crippen LogP contribution in [-0.2, 0) is 18.8 Å². The number of rotatable bonds is 2. The summed E-state index contributed by atoms with van der Waals surface area (Å²) in [5, 5.41) is 0. The highest BCUT2D eigenvalue weighted by Gasteiger charge is 2.59. The highest BCUT2D eigenvalue weighted by molar-refractivity contribution is 6.55. The van der Waals surface area contributed by atoms with Crippen LogP contribution in [0.25, 0.3) is 0 Å². The summed E-state index contributed by atoms with van der Waals surface area (Å²) in [6.07, 6.45) is 6.95. The fraction of sp³-hybridized carbons (Fsp3) is 0.812. The van der Waals surface area contributed by atoms with Crippen LogP contribution in [0.1, 0.15) is 53.4 Å². The van der Waals surface area contributed by atoms with Crippen LogP contribution in [-0.4, -0.2) is 48.5 Å². The number of carbonyl (C=O) groups is 1. The smallest absolute Gasteiger partial charge is 0.432 e. The Balaban J connectivity index is 1.81. The second-order valence-corrected chi connectivity index (χ2v) is 7.16. The number of fused-ring (bicyclic) bond motifs is 1. The molecule has 0 N–H and O–H groups in total. The van der Waals surface area contributed by atoms with Crippen LogP contribution in [0.4, 0.5) is 0 Å². The maximum atomic E-state index is 11.4. The molecule has 3 heterocycles. The Hall–Kier alpha value is -0.845. The Bertz CT molecular complexity index is 493. The molecular formula is C16H26BNO4. The third-order valence-corrected chi connectivity index (χ3v) is 5.23. The van der Waals surface area contributed by atoms with Gasteiger partial charge in [-0.15, -0.1) is 0 Å². The standard InChI is InChI=1S/C16H26BNO4/c1-12(19)20-16(4)15(2,3)21-17(22-16)13-8-7-11-18-10-6-5-9-14(13)18/h8,14H,5-7,9-11H2,1-4H3. The van der Waals surface area contributed by atoms with E-state index in [1.807, 2.05) is 13.8 Å². The molecule has 0 saturated carbocycles. The molecule has 3 rings (SSSR count). The van der Waals surface area contributed by atoms with Gasteiger partial charge in [-0.3, -0.25) is 9.69 Å².